The van der Waals surface area contributed by atoms with Crippen molar-refractivity contribution in [3.8, 4) is 0 Å². The van der Waals surface area contributed by atoms with Gasteiger partial charge in [0.15, 0.2) is 6.29 Å². The summed E-state index contributed by atoms with van der Waals surface area (Å²) in [5.41, 5.74) is 1.47. The van der Waals surface area contributed by atoms with Gasteiger partial charge in [-0.1, -0.05) is 11.6 Å². The minimum absolute atomic E-state index is 0.0370. The third-order valence-corrected chi connectivity index (χ3v) is 3.81. The lowest BCUT2D eigenvalue weighted by Gasteiger charge is -2.33. The summed E-state index contributed by atoms with van der Waals surface area (Å²) in [6, 6.07) is 5.23. The Labute approximate surface area is 123 Å². The minimum Gasteiger partial charge on any atom is -0.466 e. The normalized spacial score (nSPS) is 16.0. The monoisotopic (exact) mass is 295 g/mol. The zero-order valence-electron chi connectivity index (χ0n) is 11.5. The van der Waals surface area contributed by atoms with E-state index in [-0.39, 0.29) is 11.9 Å². The van der Waals surface area contributed by atoms with Gasteiger partial charge >= 0.3 is 5.97 Å². The summed E-state index contributed by atoms with van der Waals surface area (Å²) in [5.74, 6) is -0.154. The maximum Gasteiger partial charge on any atom is 0.309 e. The van der Waals surface area contributed by atoms with E-state index >= 15 is 0 Å². The predicted molar refractivity (Wildman–Crippen MR) is 78.4 cm³/mol. The van der Waals surface area contributed by atoms with Crippen LogP contribution in [0, 0.1) is 5.92 Å². The number of carbonyl (C=O) groups is 2. The van der Waals surface area contributed by atoms with Gasteiger partial charge in [-0.05, 0) is 38.0 Å². The number of piperidine rings is 1. The predicted octanol–water partition coefficient (Wildman–Crippen LogP) is 2.93. The standard InChI is InChI=1S/C15H18ClNO3/c1-2-20-15(19)11-5-7-17(8-6-11)14-9-13(16)4-3-12(14)10-18/h3-4,9-11H,2,5-8H2,1H3. The number of rotatable bonds is 4. The maximum absolute atomic E-state index is 11.7. The van der Waals surface area contributed by atoms with Crippen LogP contribution in [0.4, 0.5) is 5.69 Å². The van der Waals surface area contributed by atoms with Crippen LogP contribution in [-0.2, 0) is 9.53 Å². The number of esters is 1. The summed E-state index contributed by atoms with van der Waals surface area (Å²) in [4.78, 5) is 24.9. The molecule has 0 spiro atoms. The Kier molecular flexibility index (Phi) is 5.01. The van der Waals surface area contributed by atoms with E-state index in [1.165, 1.54) is 0 Å². The van der Waals surface area contributed by atoms with Gasteiger partial charge in [-0.15, -0.1) is 0 Å². The molecule has 0 unspecified atom stereocenters. The van der Waals surface area contributed by atoms with Gasteiger partial charge in [0.05, 0.1) is 12.5 Å². The highest BCUT2D eigenvalue weighted by Crippen LogP contribution is 2.28. The molecule has 0 saturated carbocycles. The second kappa shape index (κ2) is 6.75. The quantitative estimate of drug-likeness (QED) is 0.633. The molecule has 5 heteroatoms. The van der Waals surface area contributed by atoms with Gasteiger partial charge in [-0.3, -0.25) is 9.59 Å². The molecule has 1 fully saturated rings. The minimum atomic E-state index is -0.117. The molecule has 4 nitrogen and oxygen atoms in total. The molecule has 1 aliphatic rings. The number of hydrogen-bond acceptors (Lipinski definition) is 4. The number of aldehydes is 1. The van der Waals surface area contributed by atoms with Crippen LogP contribution in [0.1, 0.15) is 30.1 Å². The number of anilines is 1. The zero-order valence-corrected chi connectivity index (χ0v) is 12.2. The molecule has 108 valence electrons. The Hall–Kier alpha value is -1.55. The van der Waals surface area contributed by atoms with Crippen LogP contribution in [0.3, 0.4) is 0 Å². The number of hydrogen-bond donors (Lipinski definition) is 0. The Morgan fingerprint density at radius 1 is 1.45 bits per heavy atom. The number of carbonyl (C=O) groups excluding carboxylic acids is 2. The second-order valence-corrected chi connectivity index (χ2v) is 5.27. The van der Waals surface area contributed by atoms with Gasteiger partial charge in [-0.25, -0.2) is 0 Å². The number of ether oxygens (including phenoxy) is 1. The highest BCUT2D eigenvalue weighted by Gasteiger charge is 2.26. The third kappa shape index (κ3) is 3.31. The Morgan fingerprint density at radius 3 is 2.75 bits per heavy atom. The first-order chi connectivity index (χ1) is 9.65. The van der Waals surface area contributed by atoms with Gasteiger partial charge in [0, 0.05) is 29.4 Å². The molecule has 1 aromatic rings. The first-order valence-electron chi connectivity index (χ1n) is 6.82. The van der Waals surface area contributed by atoms with E-state index in [0.717, 1.165) is 37.9 Å². The molecule has 0 aromatic heterocycles. The average molecular weight is 296 g/mol. The van der Waals surface area contributed by atoms with Crippen molar-refractivity contribution in [1.82, 2.24) is 0 Å². The molecule has 0 aliphatic carbocycles. The largest absolute Gasteiger partial charge is 0.466 e. The summed E-state index contributed by atoms with van der Waals surface area (Å²) in [6.07, 6.45) is 2.32. The number of benzene rings is 1. The lowest BCUT2D eigenvalue weighted by atomic mass is 9.96. The first-order valence-corrected chi connectivity index (χ1v) is 7.19. The molecule has 0 atom stereocenters. The van der Waals surface area contributed by atoms with Crippen molar-refractivity contribution in [2.24, 2.45) is 5.92 Å². The van der Waals surface area contributed by atoms with E-state index in [1.54, 1.807) is 18.2 Å². The summed E-state index contributed by atoms with van der Waals surface area (Å²) in [6.45, 7) is 3.69. The fraction of sp³-hybridized carbons (Fsp3) is 0.467. The Morgan fingerprint density at radius 2 is 2.15 bits per heavy atom. The summed E-state index contributed by atoms with van der Waals surface area (Å²) >= 11 is 6.00. The van der Waals surface area contributed by atoms with E-state index in [9.17, 15) is 9.59 Å². The van der Waals surface area contributed by atoms with Crippen molar-refractivity contribution in [1.29, 1.82) is 0 Å². The van der Waals surface area contributed by atoms with Crippen LogP contribution in [0.25, 0.3) is 0 Å². The van der Waals surface area contributed by atoms with Crippen LogP contribution < -0.4 is 4.90 Å². The molecule has 1 heterocycles. The zero-order chi connectivity index (χ0) is 14.5. The molecule has 0 radical (unpaired) electrons. The SMILES string of the molecule is CCOC(=O)C1CCN(c2cc(Cl)ccc2C=O)CC1. The smallest absolute Gasteiger partial charge is 0.309 e. The molecular formula is C15H18ClNO3. The van der Waals surface area contributed by atoms with E-state index in [2.05, 4.69) is 4.90 Å². The molecule has 1 aliphatic heterocycles. The van der Waals surface area contributed by atoms with Crippen LogP contribution in [0.5, 0.6) is 0 Å². The molecule has 2 rings (SSSR count). The number of nitrogens with zero attached hydrogens (tertiary/aromatic N) is 1. The Bertz CT molecular complexity index is 496. The molecule has 20 heavy (non-hydrogen) atoms. The fourth-order valence-electron chi connectivity index (χ4n) is 2.51. The first kappa shape index (κ1) is 14.9. The molecular weight excluding hydrogens is 278 g/mol. The van der Waals surface area contributed by atoms with Gasteiger partial charge in [0.25, 0.3) is 0 Å². The van der Waals surface area contributed by atoms with Crippen molar-refractivity contribution in [2.45, 2.75) is 19.8 Å². The highest BCUT2D eigenvalue weighted by molar-refractivity contribution is 6.31. The lowest BCUT2D eigenvalue weighted by molar-refractivity contribution is -0.148. The van der Waals surface area contributed by atoms with Crippen molar-refractivity contribution >= 4 is 29.5 Å². The fourth-order valence-corrected chi connectivity index (χ4v) is 2.67. The van der Waals surface area contributed by atoms with Crippen LogP contribution >= 0.6 is 11.6 Å². The maximum atomic E-state index is 11.7. The summed E-state index contributed by atoms with van der Waals surface area (Å²) in [5, 5.41) is 0.609. The third-order valence-electron chi connectivity index (χ3n) is 3.58. The van der Waals surface area contributed by atoms with Crippen molar-refractivity contribution in [2.75, 3.05) is 24.6 Å². The van der Waals surface area contributed by atoms with Crippen molar-refractivity contribution in [3.05, 3.63) is 28.8 Å². The molecule has 0 amide bonds. The topological polar surface area (TPSA) is 46.6 Å². The van der Waals surface area contributed by atoms with Crippen LogP contribution in [0.15, 0.2) is 18.2 Å². The van der Waals surface area contributed by atoms with Crippen molar-refractivity contribution < 1.29 is 14.3 Å². The van der Waals surface area contributed by atoms with Gasteiger partial charge < -0.3 is 9.64 Å². The lowest BCUT2D eigenvalue weighted by Crippen LogP contribution is -2.37. The van der Waals surface area contributed by atoms with Gasteiger partial charge in [0.1, 0.15) is 0 Å². The van der Waals surface area contributed by atoms with E-state index in [4.69, 9.17) is 16.3 Å². The second-order valence-electron chi connectivity index (χ2n) is 4.83. The summed E-state index contributed by atoms with van der Waals surface area (Å²) in [7, 11) is 0. The van der Waals surface area contributed by atoms with E-state index in [0.29, 0.717) is 17.2 Å². The highest BCUT2D eigenvalue weighted by atomic mass is 35.5. The van der Waals surface area contributed by atoms with E-state index in [1.807, 2.05) is 6.92 Å². The van der Waals surface area contributed by atoms with Gasteiger partial charge in [0.2, 0.25) is 0 Å². The summed E-state index contributed by atoms with van der Waals surface area (Å²) < 4.78 is 5.05. The van der Waals surface area contributed by atoms with Gasteiger partial charge in [-0.2, -0.15) is 0 Å². The van der Waals surface area contributed by atoms with E-state index < -0.39 is 0 Å². The van der Waals surface area contributed by atoms with Crippen LogP contribution in [-0.4, -0.2) is 32.0 Å². The average Bonchev–Trinajstić information content (AvgIpc) is 2.47. The molecule has 0 N–H and O–H groups in total. The molecule has 0 bridgehead atoms. The van der Waals surface area contributed by atoms with Crippen LogP contribution in [0.2, 0.25) is 5.02 Å². The Balaban J connectivity index is 2.05. The molecule has 1 saturated heterocycles. The van der Waals surface area contributed by atoms with Crippen molar-refractivity contribution in [3.63, 3.8) is 0 Å². The molecule has 1 aromatic carbocycles. The number of halogens is 1.